The summed E-state index contributed by atoms with van der Waals surface area (Å²) in [5, 5.41) is 0. The molecule has 5 rings (SSSR count). The summed E-state index contributed by atoms with van der Waals surface area (Å²) in [6, 6.07) is 4.79. The first-order valence-electron chi connectivity index (χ1n) is 17.1. The maximum absolute atomic E-state index is 2.79. The van der Waals surface area contributed by atoms with Crippen LogP contribution in [0.25, 0.3) is 0 Å². The molecule has 5 fully saturated rings. The molecular formula is C33H66N6. The molecule has 3 atom stereocenters. The number of fused-ring (bicyclic) bond motifs is 1. The molecule has 5 aliphatic heterocycles. The van der Waals surface area contributed by atoms with Gasteiger partial charge >= 0.3 is 0 Å². The fraction of sp³-hybridized carbons (Fsp3) is 1.00. The summed E-state index contributed by atoms with van der Waals surface area (Å²) in [6.07, 6.45) is 6.94. The van der Waals surface area contributed by atoms with Crippen LogP contribution in [0.1, 0.15) is 87.5 Å². The van der Waals surface area contributed by atoms with Crippen molar-refractivity contribution in [3.05, 3.63) is 0 Å². The summed E-state index contributed by atoms with van der Waals surface area (Å²) in [4.78, 5) is 16.1. The Balaban J connectivity index is 0.000000181. The second kappa shape index (κ2) is 14.8. The molecule has 0 aromatic heterocycles. The van der Waals surface area contributed by atoms with E-state index in [4.69, 9.17) is 0 Å². The highest BCUT2D eigenvalue weighted by Crippen LogP contribution is 2.38. The van der Waals surface area contributed by atoms with Crippen molar-refractivity contribution in [3.63, 3.8) is 0 Å². The number of nitrogens with zero attached hydrogens (tertiary/aromatic N) is 6. The number of hydrogen-bond donors (Lipinski definition) is 0. The Hall–Kier alpha value is -0.240. The normalized spacial score (nSPS) is 31.6. The quantitative estimate of drug-likeness (QED) is 0.396. The zero-order valence-corrected chi connectivity index (χ0v) is 27.3. The van der Waals surface area contributed by atoms with E-state index >= 15 is 0 Å². The molecule has 0 spiro atoms. The fourth-order valence-electron chi connectivity index (χ4n) is 7.71. The minimum absolute atomic E-state index is 0.732. The number of rotatable bonds is 9. The zero-order valence-electron chi connectivity index (χ0n) is 27.3. The zero-order chi connectivity index (χ0) is 28.1. The molecule has 3 unspecified atom stereocenters. The largest absolute Gasteiger partial charge is 0.301 e. The van der Waals surface area contributed by atoms with Gasteiger partial charge in [-0.25, -0.2) is 0 Å². The summed E-state index contributed by atoms with van der Waals surface area (Å²) >= 11 is 0. The van der Waals surface area contributed by atoms with E-state index in [9.17, 15) is 0 Å². The molecule has 0 saturated carbocycles. The van der Waals surface area contributed by atoms with Gasteiger partial charge in [0, 0.05) is 88.6 Å². The summed E-state index contributed by atoms with van der Waals surface area (Å²) in [6.45, 7) is 34.4. The third-order valence-corrected chi connectivity index (χ3v) is 11.1. The SMILES string of the molecule is CC(C)N1CCC(CN2C3CN(C(C)C)CC32)CC1.CCC(C)N1CCN(CC2CCN(C(C)C)CC2)CC1. The summed E-state index contributed by atoms with van der Waals surface area (Å²) in [5.41, 5.74) is 0. The highest BCUT2D eigenvalue weighted by molar-refractivity contribution is 5.11. The van der Waals surface area contributed by atoms with Crippen molar-refractivity contribution in [2.75, 3.05) is 78.5 Å². The number of piperidine rings is 2. The lowest BCUT2D eigenvalue weighted by atomic mass is 9.95. The Labute approximate surface area is 243 Å². The van der Waals surface area contributed by atoms with E-state index in [1.807, 2.05) is 0 Å². The molecule has 228 valence electrons. The second-order valence-corrected chi connectivity index (χ2v) is 14.6. The van der Waals surface area contributed by atoms with Crippen molar-refractivity contribution in [1.82, 2.24) is 29.4 Å². The van der Waals surface area contributed by atoms with Gasteiger partial charge in [-0.3, -0.25) is 14.7 Å². The van der Waals surface area contributed by atoms with Crippen molar-refractivity contribution in [2.45, 2.75) is 124 Å². The number of likely N-dealkylation sites (tertiary alicyclic amines) is 3. The molecule has 5 saturated heterocycles. The van der Waals surface area contributed by atoms with Crippen LogP contribution < -0.4 is 0 Å². The third kappa shape index (κ3) is 8.88. The van der Waals surface area contributed by atoms with Gasteiger partial charge in [0.15, 0.2) is 0 Å². The van der Waals surface area contributed by atoms with Crippen molar-refractivity contribution in [1.29, 1.82) is 0 Å². The van der Waals surface area contributed by atoms with E-state index in [0.717, 1.165) is 48.1 Å². The Morgan fingerprint density at radius 3 is 1.36 bits per heavy atom. The highest BCUT2D eigenvalue weighted by atomic mass is 15.4. The Morgan fingerprint density at radius 2 is 0.949 bits per heavy atom. The van der Waals surface area contributed by atoms with Crippen LogP contribution in [0.5, 0.6) is 0 Å². The van der Waals surface area contributed by atoms with Crippen LogP contribution in [-0.4, -0.2) is 144 Å². The van der Waals surface area contributed by atoms with E-state index in [1.165, 1.54) is 111 Å². The van der Waals surface area contributed by atoms with Crippen LogP contribution in [0.3, 0.4) is 0 Å². The molecule has 0 aromatic rings. The van der Waals surface area contributed by atoms with Crippen molar-refractivity contribution in [2.24, 2.45) is 11.8 Å². The molecule has 0 aliphatic carbocycles. The van der Waals surface area contributed by atoms with Gasteiger partial charge in [0.25, 0.3) is 0 Å². The third-order valence-electron chi connectivity index (χ3n) is 11.1. The number of hydrogen-bond acceptors (Lipinski definition) is 6. The van der Waals surface area contributed by atoms with Gasteiger partial charge in [0.1, 0.15) is 0 Å². The van der Waals surface area contributed by atoms with Crippen LogP contribution in [0.15, 0.2) is 0 Å². The minimum Gasteiger partial charge on any atom is -0.301 e. The van der Waals surface area contributed by atoms with E-state index in [1.54, 1.807) is 0 Å². The summed E-state index contributed by atoms with van der Waals surface area (Å²) < 4.78 is 0. The molecule has 0 radical (unpaired) electrons. The van der Waals surface area contributed by atoms with Crippen molar-refractivity contribution in [3.8, 4) is 0 Å². The molecular weight excluding hydrogens is 480 g/mol. The average molecular weight is 547 g/mol. The van der Waals surface area contributed by atoms with Gasteiger partial charge in [0.05, 0.1) is 0 Å². The van der Waals surface area contributed by atoms with Gasteiger partial charge in [-0.2, -0.15) is 0 Å². The summed E-state index contributed by atoms with van der Waals surface area (Å²) in [7, 11) is 0. The van der Waals surface area contributed by atoms with E-state index < -0.39 is 0 Å². The molecule has 0 aromatic carbocycles. The van der Waals surface area contributed by atoms with Crippen LogP contribution in [-0.2, 0) is 0 Å². The first-order chi connectivity index (χ1) is 18.7. The van der Waals surface area contributed by atoms with E-state index in [2.05, 4.69) is 84.8 Å². The lowest BCUT2D eigenvalue weighted by Gasteiger charge is -2.41. The van der Waals surface area contributed by atoms with Gasteiger partial charge in [0.2, 0.25) is 0 Å². The lowest BCUT2D eigenvalue weighted by molar-refractivity contribution is 0.0716. The molecule has 0 amide bonds. The van der Waals surface area contributed by atoms with Gasteiger partial charge in [-0.15, -0.1) is 0 Å². The maximum atomic E-state index is 2.79. The van der Waals surface area contributed by atoms with Gasteiger partial charge in [-0.05, 0) is 119 Å². The van der Waals surface area contributed by atoms with Crippen molar-refractivity contribution >= 4 is 0 Å². The average Bonchev–Trinajstić information content (AvgIpc) is 3.35. The lowest BCUT2D eigenvalue weighted by Crippen LogP contribution is -2.51. The predicted octanol–water partition coefficient (Wildman–Crippen LogP) is 4.41. The predicted molar refractivity (Wildman–Crippen MR) is 168 cm³/mol. The fourth-order valence-corrected chi connectivity index (χ4v) is 7.71. The highest BCUT2D eigenvalue weighted by Gasteiger charge is 2.54. The van der Waals surface area contributed by atoms with Gasteiger partial charge in [-0.1, -0.05) is 6.92 Å². The molecule has 0 bridgehead atoms. The standard InChI is InChI=1S/C17H35N3.C16H31N3/c1-5-16(4)20-12-10-18(11-13-20)14-17-6-8-19(9-7-17)15(2)3;1-12(2)17-7-5-14(6-8-17)9-19-15-10-18(13(3)4)11-16(15)19/h15-17H,5-14H2,1-4H3;12-16H,5-11H2,1-4H3. The van der Waals surface area contributed by atoms with Crippen LogP contribution in [0.2, 0.25) is 0 Å². The first kappa shape index (κ1) is 31.7. The summed E-state index contributed by atoms with van der Waals surface area (Å²) in [5.74, 6) is 1.91. The molecule has 0 N–H and O–H groups in total. The molecule has 5 aliphatic rings. The Morgan fingerprint density at radius 1 is 0.513 bits per heavy atom. The maximum Gasteiger partial charge on any atom is 0.0395 e. The topological polar surface area (TPSA) is 19.2 Å². The van der Waals surface area contributed by atoms with E-state index in [0.29, 0.717) is 0 Å². The van der Waals surface area contributed by atoms with Crippen LogP contribution in [0.4, 0.5) is 0 Å². The first-order valence-corrected chi connectivity index (χ1v) is 17.1. The number of piperazine rings is 2. The monoisotopic (exact) mass is 547 g/mol. The molecule has 6 heteroatoms. The molecule has 5 heterocycles. The Bertz CT molecular complexity index is 670. The smallest absolute Gasteiger partial charge is 0.0395 e. The molecule has 6 nitrogen and oxygen atoms in total. The second-order valence-electron chi connectivity index (χ2n) is 14.6. The van der Waals surface area contributed by atoms with Crippen LogP contribution >= 0.6 is 0 Å². The Kier molecular flexibility index (Phi) is 12.0. The van der Waals surface area contributed by atoms with E-state index in [-0.39, 0.29) is 0 Å². The molecule has 39 heavy (non-hydrogen) atoms. The minimum atomic E-state index is 0.732. The van der Waals surface area contributed by atoms with Crippen LogP contribution in [0, 0.1) is 11.8 Å². The van der Waals surface area contributed by atoms with Gasteiger partial charge < -0.3 is 14.7 Å². The van der Waals surface area contributed by atoms with Crippen molar-refractivity contribution < 1.29 is 0 Å².